The van der Waals surface area contributed by atoms with Crippen LogP contribution in [-0.4, -0.2) is 45.6 Å². The topological polar surface area (TPSA) is 125 Å². The monoisotopic (exact) mass is 469 g/mol. The van der Waals surface area contributed by atoms with Gasteiger partial charge in [0.1, 0.15) is 0 Å². The third-order valence-electron chi connectivity index (χ3n) is 4.51. The van der Waals surface area contributed by atoms with E-state index in [9.17, 15) is 24.9 Å². The number of halogens is 1. The molecule has 2 unspecified atom stereocenters. The summed E-state index contributed by atoms with van der Waals surface area (Å²) in [7, 11) is 0. The van der Waals surface area contributed by atoms with E-state index in [1.54, 1.807) is 36.4 Å². The maximum absolute atomic E-state index is 11.3. The number of carboxylic acids is 2. The van der Waals surface area contributed by atoms with Gasteiger partial charge in [-0.05, 0) is 48.7 Å². The number of rotatable bonds is 8. The number of benzene rings is 2. The van der Waals surface area contributed by atoms with Gasteiger partial charge in [-0.15, -0.1) is 0 Å². The van der Waals surface area contributed by atoms with Crippen LogP contribution >= 0.6 is 11.6 Å². The Kier molecular flexibility index (Phi) is 10.8. The van der Waals surface area contributed by atoms with E-state index in [-0.39, 0.29) is 79.5 Å². The molecular weight excluding hydrogens is 448 g/mol. The molecule has 0 amide bonds. The molecule has 2 aromatic rings. The number of carboxylic acid groups (broad SMARTS) is 2. The second kappa shape index (κ2) is 11.9. The van der Waals surface area contributed by atoms with Crippen molar-refractivity contribution in [1.82, 2.24) is 5.32 Å². The minimum Gasteiger partial charge on any atom is -1.00 e. The molecule has 3 rings (SSSR count). The minimum absolute atomic E-state index is 0. The molecule has 31 heavy (non-hydrogen) atoms. The summed E-state index contributed by atoms with van der Waals surface area (Å²) in [4.78, 5) is 22.6. The maximum Gasteiger partial charge on any atom is 1.00 e. The SMILES string of the molecule is CC(Cc1ccc2c(c1)OC(C(=O)O)(C(=O)O)O2)NCC(O)c1cccc(Cl)c1.[H-].[H-].[Na+].[Na+]. The Morgan fingerprint density at radius 3 is 2.35 bits per heavy atom. The zero-order chi connectivity index (χ0) is 21.2. The standard InChI is InChI=1S/C20H20ClNO7.2Na.2H/c1-11(22-10-15(23)13-3-2-4-14(21)9-13)7-12-5-6-16-17(8-12)29-20(28-16,18(24)25)19(26)27;;;;/h2-6,8-9,11,15,22-23H,7,10H2,1H3,(H,24,25)(H,26,27);;;;/q;2*+1;2*-1. The summed E-state index contributed by atoms with van der Waals surface area (Å²) in [5.41, 5.74) is 1.50. The van der Waals surface area contributed by atoms with Crippen molar-refractivity contribution < 1.29 is 96.4 Å². The summed E-state index contributed by atoms with van der Waals surface area (Å²) in [5.74, 6) is -6.15. The van der Waals surface area contributed by atoms with Gasteiger partial charge in [-0.1, -0.05) is 29.8 Å². The molecule has 0 bridgehead atoms. The van der Waals surface area contributed by atoms with E-state index < -0.39 is 23.8 Å². The quantitative estimate of drug-likeness (QED) is 0.231. The largest absolute Gasteiger partial charge is 1.00 e. The van der Waals surface area contributed by atoms with E-state index >= 15 is 0 Å². The Balaban J connectivity index is 0. The van der Waals surface area contributed by atoms with Gasteiger partial charge in [-0.25, -0.2) is 9.59 Å². The van der Waals surface area contributed by atoms with E-state index in [2.05, 4.69) is 5.32 Å². The molecule has 2 aromatic carbocycles. The zero-order valence-electron chi connectivity index (χ0n) is 19.5. The van der Waals surface area contributed by atoms with E-state index in [1.807, 2.05) is 6.92 Å². The third-order valence-corrected chi connectivity index (χ3v) is 4.75. The molecule has 2 atom stereocenters. The van der Waals surface area contributed by atoms with Crippen LogP contribution in [0, 0.1) is 0 Å². The number of aliphatic hydroxyl groups excluding tert-OH is 1. The first-order valence-electron chi connectivity index (χ1n) is 8.86. The number of hydrogen-bond acceptors (Lipinski definition) is 6. The molecule has 0 saturated carbocycles. The van der Waals surface area contributed by atoms with Crippen LogP contribution < -0.4 is 73.9 Å². The van der Waals surface area contributed by atoms with Crippen molar-refractivity contribution in [3.63, 3.8) is 0 Å². The maximum atomic E-state index is 11.3. The van der Waals surface area contributed by atoms with Gasteiger partial charge in [0.05, 0.1) is 6.10 Å². The molecule has 1 aliphatic heterocycles. The van der Waals surface area contributed by atoms with Crippen LogP contribution in [0.25, 0.3) is 0 Å². The Morgan fingerprint density at radius 2 is 1.74 bits per heavy atom. The van der Waals surface area contributed by atoms with Crippen LogP contribution in [0.1, 0.15) is 27.0 Å². The van der Waals surface area contributed by atoms with Crippen molar-refractivity contribution in [2.24, 2.45) is 0 Å². The predicted molar refractivity (Wildman–Crippen MR) is 106 cm³/mol. The van der Waals surface area contributed by atoms with Crippen molar-refractivity contribution in [2.45, 2.75) is 31.3 Å². The number of ether oxygens (including phenoxy) is 2. The van der Waals surface area contributed by atoms with Gasteiger partial charge >= 0.3 is 76.8 Å². The number of aliphatic carboxylic acids is 2. The second-order valence-electron chi connectivity index (χ2n) is 6.80. The molecule has 0 aromatic heterocycles. The van der Waals surface area contributed by atoms with Crippen molar-refractivity contribution >= 4 is 23.5 Å². The van der Waals surface area contributed by atoms with Gasteiger partial charge in [-0.3, -0.25) is 0 Å². The number of hydrogen-bond donors (Lipinski definition) is 4. The number of carbonyl (C=O) groups is 2. The van der Waals surface area contributed by atoms with Crippen molar-refractivity contribution in [3.8, 4) is 11.5 Å². The van der Waals surface area contributed by atoms with E-state index in [1.165, 1.54) is 6.07 Å². The summed E-state index contributed by atoms with van der Waals surface area (Å²) < 4.78 is 10.1. The Morgan fingerprint density at radius 1 is 1.10 bits per heavy atom. The average molecular weight is 470 g/mol. The molecule has 158 valence electrons. The molecule has 1 aliphatic rings. The summed E-state index contributed by atoms with van der Waals surface area (Å²) in [6.45, 7) is 2.24. The Hall–Kier alpha value is -0.810. The first kappa shape index (κ1) is 28.2. The fraction of sp³-hybridized carbons (Fsp3) is 0.300. The molecule has 1 heterocycles. The number of aliphatic hydroxyl groups is 1. The van der Waals surface area contributed by atoms with Crippen LogP contribution in [0.15, 0.2) is 42.5 Å². The van der Waals surface area contributed by atoms with Crippen molar-refractivity contribution in [3.05, 3.63) is 58.6 Å². The van der Waals surface area contributed by atoms with E-state index in [0.717, 1.165) is 5.56 Å². The number of nitrogens with one attached hydrogen (secondary N) is 1. The normalized spacial score (nSPS) is 15.2. The van der Waals surface area contributed by atoms with Gasteiger partial charge in [0.25, 0.3) is 0 Å². The van der Waals surface area contributed by atoms with Crippen LogP contribution in [0.5, 0.6) is 11.5 Å². The molecule has 0 saturated heterocycles. The first-order chi connectivity index (χ1) is 13.7. The molecule has 0 aliphatic carbocycles. The summed E-state index contributed by atoms with van der Waals surface area (Å²) >= 11 is 5.94. The fourth-order valence-corrected chi connectivity index (χ4v) is 3.21. The molecule has 0 spiro atoms. The summed E-state index contributed by atoms with van der Waals surface area (Å²) in [6.07, 6.45) is -0.189. The van der Waals surface area contributed by atoms with E-state index in [4.69, 9.17) is 21.1 Å². The van der Waals surface area contributed by atoms with Crippen molar-refractivity contribution in [2.75, 3.05) is 6.54 Å². The average Bonchev–Trinajstić information content (AvgIpc) is 3.06. The Bertz CT molecular complexity index is 940. The van der Waals surface area contributed by atoms with Crippen LogP contribution in [-0.2, 0) is 16.0 Å². The van der Waals surface area contributed by atoms with Crippen LogP contribution in [0.2, 0.25) is 5.02 Å². The molecule has 0 radical (unpaired) electrons. The Labute approximate surface area is 231 Å². The van der Waals surface area contributed by atoms with Gasteiger partial charge in [0, 0.05) is 17.6 Å². The van der Waals surface area contributed by atoms with Crippen molar-refractivity contribution in [1.29, 1.82) is 0 Å². The minimum atomic E-state index is -2.77. The van der Waals surface area contributed by atoms with Crippen LogP contribution in [0.4, 0.5) is 0 Å². The zero-order valence-corrected chi connectivity index (χ0v) is 22.2. The van der Waals surface area contributed by atoms with Gasteiger partial charge in [0.15, 0.2) is 11.5 Å². The second-order valence-corrected chi connectivity index (χ2v) is 7.23. The summed E-state index contributed by atoms with van der Waals surface area (Å²) in [6, 6.07) is 11.7. The molecule has 11 heteroatoms. The van der Waals surface area contributed by atoms with Gasteiger partial charge in [-0.2, -0.15) is 0 Å². The number of fused-ring (bicyclic) bond motifs is 1. The smallest absolute Gasteiger partial charge is 1.00 e. The molecular formula is C20H22ClNNa2O7. The van der Waals surface area contributed by atoms with E-state index in [0.29, 0.717) is 23.6 Å². The predicted octanol–water partition coefficient (Wildman–Crippen LogP) is -3.54. The summed E-state index contributed by atoms with van der Waals surface area (Å²) in [5, 5.41) is 32.4. The molecule has 0 fully saturated rings. The molecule has 4 N–H and O–H groups in total. The fourth-order valence-electron chi connectivity index (χ4n) is 3.01. The van der Waals surface area contributed by atoms with Gasteiger partial charge in [0.2, 0.25) is 0 Å². The third kappa shape index (κ3) is 6.60. The molecule has 8 nitrogen and oxygen atoms in total. The van der Waals surface area contributed by atoms with Crippen LogP contribution in [0.3, 0.4) is 0 Å². The first-order valence-corrected chi connectivity index (χ1v) is 9.23. The van der Waals surface area contributed by atoms with Gasteiger partial charge < -0.3 is 33.0 Å².